The van der Waals surface area contributed by atoms with Gasteiger partial charge in [0.05, 0.1) is 12.2 Å². The van der Waals surface area contributed by atoms with E-state index in [1.165, 1.54) is 11.3 Å². The second kappa shape index (κ2) is 7.76. The summed E-state index contributed by atoms with van der Waals surface area (Å²) in [4.78, 5) is 12.6. The van der Waals surface area contributed by atoms with E-state index in [1.807, 2.05) is 43.5 Å². The fraction of sp³-hybridized carbons (Fsp3) is 0.312. The Kier molecular flexibility index (Phi) is 5.99. The highest BCUT2D eigenvalue weighted by molar-refractivity contribution is 9.10. The number of aliphatic hydroxyl groups is 1. The molecule has 0 saturated heterocycles. The molecule has 22 heavy (non-hydrogen) atoms. The molecule has 4 nitrogen and oxygen atoms in total. The minimum absolute atomic E-state index is 0.0725. The van der Waals surface area contributed by atoms with Crippen molar-refractivity contribution in [2.24, 2.45) is 0 Å². The Labute approximate surface area is 142 Å². The number of benzene rings is 1. The SMILES string of the molecule is CC(C)Oc1cccc(C(O)CNC(=O)c2sccc2Br)c1. The molecule has 0 saturated carbocycles. The highest BCUT2D eigenvalue weighted by atomic mass is 79.9. The van der Waals surface area contributed by atoms with Crippen molar-refractivity contribution in [1.82, 2.24) is 5.32 Å². The standard InChI is InChI=1S/C16H18BrNO3S/c1-10(2)21-12-5-3-4-11(8-12)14(19)9-18-16(20)15-13(17)6-7-22-15/h3-8,10,14,19H,9H2,1-2H3,(H,18,20). The number of rotatable bonds is 6. The zero-order valence-electron chi connectivity index (χ0n) is 12.4. The van der Waals surface area contributed by atoms with Gasteiger partial charge in [0.15, 0.2) is 0 Å². The molecule has 0 aliphatic carbocycles. The van der Waals surface area contributed by atoms with Crippen LogP contribution >= 0.6 is 27.3 Å². The first kappa shape index (κ1) is 17.0. The van der Waals surface area contributed by atoms with Gasteiger partial charge in [-0.25, -0.2) is 0 Å². The first-order chi connectivity index (χ1) is 10.5. The third-order valence-corrected chi connectivity index (χ3v) is 4.73. The van der Waals surface area contributed by atoms with Crippen LogP contribution in [-0.2, 0) is 0 Å². The van der Waals surface area contributed by atoms with E-state index in [0.29, 0.717) is 16.2 Å². The van der Waals surface area contributed by atoms with Crippen LogP contribution in [0, 0.1) is 0 Å². The molecule has 1 atom stereocenters. The number of hydrogen-bond acceptors (Lipinski definition) is 4. The maximum absolute atomic E-state index is 12.0. The van der Waals surface area contributed by atoms with Gasteiger partial charge in [0.2, 0.25) is 0 Å². The fourth-order valence-electron chi connectivity index (χ4n) is 1.91. The van der Waals surface area contributed by atoms with E-state index in [9.17, 15) is 9.90 Å². The molecular formula is C16H18BrNO3S. The quantitative estimate of drug-likeness (QED) is 0.798. The number of hydrogen-bond donors (Lipinski definition) is 2. The topological polar surface area (TPSA) is 58.6 Å². The van der Waals surface area contributed by atoms with Crippen molar-refractivity contribution in [1.29, 1.82) is 0 Å². The molecule has 1 heterocycles. The third kappa shape index (κ3) is 4.56. The second-order valence-corrected chi connectivity index (χ2v) is 6.83. The molecule has 0 aliphatic heterocycles. The molecule has 1 unspecified atom stereocenters. The van der Waals surface area contributed by atoms with Gasteiger partial charge in [-0.2, -0.15) is 0 Å². The number of nitrogens with one attached hydrogen (secondary N) is 1. The number of carbonyl (C=O) groups excluding carboxylic acids is 1. The van der Waals surface area contributed by atoms with Crippen molar-refractivity contribution in [2.75, 3.05) is 6.54 Å². The lowest BCUT2D eigenvalue weighted by Crippen LogP contribution is -2.28. The first-order valence-electron chi connectivity index (χ1n) is 6.93. The molecule has 1 aromatic carbocycles. The summed E-state index contributed by atoms with van der Waals surface area (Å²) in [7, 11) is 0. The smallest absolute Gasteiger partial charge is 0.262 e. The Balaban J connectivity index is 1.96. The van der Waals surface area contributed by atoms with Crippen LogP contribution in [0.5, 0.6) is 5.75 Å². The van der Waals surface area contributed by atoms with Gasteiger partial charge in [-0.15, -0.1) is 11.3 Å². The van der Waals surface area contributed by atoms with Gasteiger partial charge in [0.1, 0.15) is 10.6 Å². The summed E-state index contributed by atoms with van der Waals surface area (Å²) >= 11 is 4.68. The average Bonchev–Trinajstić information content (AvgIpc) is 2.90. The number of thiophene rings is 1. The number of aliphatic hydroxyl groups excluding tert-OH is 1. The summed E-state index contributed by atoms with van der Waals surface area (Å²) < 4.78 is 6.36. The molecule has 1 amide bonds. The predicted octanol–water partition coefficient (Wildman–Crippen LogP) is 3.76. The molecule has 118 valence electrons. The number of halogens is 1. The molecule has 0 aliphatic rings. The van der Waals surface area contributed by atoms with Gasteiger partial charge in [0, 0.05) is 11.0 Å². The van der Waals surface area contributed by atoms with Crippen LogP contribution < -0.4 is 10.1 Å². The van der Waals surface area contributed by atoms with E-state index in [0.717, 1.165) is 4.47 Å². The lowest BCUT2D eigenvalue weighted by atomic mass is 10.1. The maximum atomic E-state index is 12.0. The number of carbonyl (C=O) groups is 1. The van der Waals surface area contributed by atoms with Crippen LogP contribution in [0.3, 0.4) is 0 Å². The van der Waals surface area contributed by atoms with Crippen LogP contribution in [0.1, 0.15) is 35.2 Å². The van der Waals surface area contributed by atoms with Gasteiger partial charge in [-0.05, 0) is 58.9 Å². The largest absolute Gasteiger partial charge is 0.491 e. The summed E-state index contributed by atoms with van der Waals surface area (Å²) in [6.45, 7) is 4.04. The molecule has 2 rings (SSSR count). The first-order valence-corrected chi connectivity index (χ1v) is 8.60. The van der Waals surface area contributed by atoms with Crippen molar-refractivity contribution in [3.63, 3.8) is 0 Å². The summed E-state index contributed by atoms with van der Waals surface area (Å²) in [6, 6.07) is 9.09. The highest BCUT2D eigenvalue weighted by Gasteiger charge is 2.14. The lowest BCUT2D eigenvalue weighted by molar-refractivity contribution is 0.0919. The van der Waals surface area contributed by atoms with Crippen LogP contribution in [-0.4, -0.2) is 23.7 Å². The van der Waals surface area contributed by atoms with Crippen molar-refractivity contribution in [3.05, 3.63) is 50.6 Å². The van der Waals surface area contributed by atoms with E-state index in [2.05, 4.69) is 21.2 Å². The number of amides is 1. The predicted molar refractivity (Wildman–Crippen MR) is 91.5 cm³/mol. The van der Waals surface area contributed by atoms with Crippen molar-refractivity contribution in [2.45, 2.75) is 26.1 Å². The van der Waals surface area contributed by atoms with Crippen LogP contribution in [0.25, 0.3) is 0 Å². The summed E-state index contributed by atoms with van der Waals surface area (Å²) in [5.41, 5.74) is 0.712. The molecule has 2 aromatic rings. The van der Waals surface area contributed by atoms with E-state index in [4.69, 9.17) is 4.74 Å². The molecule has 0 bridgehead atoms. The van der Waals surface area contributed by atoms with E-state index >= 15 is 0 Å². The summed E-state index contributed by atoms with van der Waals surface area (Å²) in [5, 5.41) is 14.8. The van der Waals surface area contributed by atoms with Gasteiger partial charge in [-0.3, -0.25) is 4.79 Å². The minimum Gasteiger partial charge on any atom is -0.491 e. The van der Waals surface area contributed by atoms with Gasteiger partial charge in [0.25, 0.3) is 5.91 Å². The monoisotopic (exact) mass is 383 g/mol. The van der Waals surface area contributed by atoms with E-state index in [1.54, 1.807) is 6.07 Å². The Morgan fingerprint density at radius 3 is 2.82 bits per heavy atom. The van der Waals surface area contributed by atoms with Crippen LogP contribution in [0.4, 0.5) is 0 Å². The normalized spacial score (nSPS) is 12.2. The molecule has 0 fully saturated rings. The highest BCUT2D eigenvalue weighted by Crippen LogP contribution is 2.23. The summed E-state index contributed by atoms with van der Waals surface area (Å²) in [6.07, 6.45) is -0.707. The second-order valence-electron chi connectivity index (χ2n) is 5.06. The molecular weight excluding hydrogens is 366 g/mol. The van der Waals surface area contributed by atoms with Gasteiger partial charge >= 0.3 is 0 Å². The minimum atomic E-state index is -0.779. The van der Waals surface area contributed by atoms with Gasteiger partial charge < -0.3 is 15.2 Å². The van der Waals surface area contributed by atoms with E-state index in [-0.39, 0.29) is 18.6 Å². The maximum Gasteiger partial charge on any atom is 0.262 e. The molecule has 0 spiro atoms. The average molecular weight is 384 g/mol. The van der Waals surface area contributed by atoms with Crippen molar-refractivity contribution >= 4 is 33.2 Å². The lowest BCUT2D eigenvalue weighted by Gasteiger charge is -2.15. The Hall–Kier alpha value is -1.37. The Morgan fingerprint density at radius 2 is 2.18 bits per heavy atom. The third-order valence-electron chi connectivity index (χ3n) is 2.89. The molecule has 0 radical (unpaired) electrons. The fourth-order valence-corrected chi connectivity index (χ4v) is 3.38. The summed E-state index contributed by atoms with van der Waals surface area (Å²) in [5.74, 6) is 0.509. The van der Waals surface area contributed by atoms with Crippen LogP contribution in [0.15, 0.2) is 40.2 Å². The molecule has 1 aromatic heterocycles. The zero-order chi connectivity index (χ0) is 16.1. The van der Waals surface area contributed by atoms with E-state index < -0.39 is 6.10 Å². The molecule has 2 N–H and O–H groups in total. The Morgan fingerprint density at radius 1 is 1.41 bits per heavy atom. The Bertz CT molecular complexity index is 642. The number of ether oxygens (including phenoxy) is 1. The van der Waals surface area contributed by atoms with Crippen molar-refractivity contribution < 1.29 is 14.6 Å². The zero-order valence-corrected chi connectivity index (χ0v) is 14.8. The van der Waals surface area contributed by atoms with Gasteiger partial charge in [-0.1, -0.05) is 12.1 Å². The van der Waals surface area contributed by atoms with Crippen molar-refractivity contribution in [3.8, 4) is 5.75 Å². The van der Waals surface area contributed by atoms with Crippen LogP contribution in [0.2, 0.25) is 0 Å². The molecule has 6 heteroatoms.